The van der Waals surface area contributed by atoms with Crippen molar-refractivity contribution in [3.05, 3.63) is 23.8 Å². The normalized spacial score (nSPS) is 14.4. The zero-order chi connectivity index (χ0) is 14.0. The summed E-state index contributed by atoms with van der Waals surface area (Å²) in [5.41, 5.74) is 9.17. The summed E-state index contributed by atoms with van der Waals surface area (Å²) < 4.78 is 0. The molecule has 0 fully saturated rings. The molecular weight excluding hydrogens is 272 g/mol. The first-order valence-electron chi connectivity index (χ1n) is 7.06. The van der Waals surface area contributed by atoms with Crippen molar-refractivity contribution in [3.8, 4) is 0 Å². The van der Waals surface area contributed by atoms with Gasteiger partial charge in [-0.3, -0.25) is 4.79 Å². The summed E-state index contributed by atoms with van der Waals surface area (Å²) in [4.78, 5) is 14.3. The minimum atomic E-state index is 0. The number of carbonyl (C=O) groups excluding carboxylic acids is 1. The molecule has 1 aliphatic heterocycles. The summed E-state index contributed by atoms with van der Waals surface area (Å²) >= 11 is 0. The van der Waals surface area contributed by atoms with Crippen LogP contribution in [0.1, 0.15) is 45.6 Å². The summed E-state index contributed by atoms with van der Waals surface area (Å²) in [6.45, 7) is 7.33. The first kappa shape index (κ1) is 16.8. The van der Waals surface area contributed by atoms with Crippen molar-refractivity contribution in [1.29, 1.82) is 0 Å². The highest BCUT2D eigenvalue weighted by Gasteiger charge is 2.24. The lowest BCUT2D eigenvalue weighted by Crippen LogP contribution is -2.36. The van der Waals surface area contributed by atoms with E-state index in [-0.39, 0.29) is 23.7 Å². The third-order valence-electron chi connectivity index (χ3n) is 3.68. The summed E-state index contributed by atoms with van der Waals surface area (Å²) in [6, 6.07) is 5.87. The molecule has 4 heteroatoms. The number of nitrogens with two attached hydrogens (primary N) is 1. The molecule has 0 spiro atoms. The molecule has 1 amide bonds. The Kier molecular flexibility index (Phi) is 5.46. The van der Waals surface area contributed by atoms with Gasteiger partial charge in [-0.1, -0.05) is 26.8 Å². The second-order valence-corrected chi connectivity index (χ2v) is 6.55. The molecule has 1 aromatic rings. The number of anilines is 2. The molecule has 2 rings (SSSR count). The topological polar surface area (TPSA) is 46.3 Å². The number of carbonyl (C=O) groups is 1. The quantitative estimate of drug-likeness (QED) is 0.844. The van der Waals surface area contributed by atoms with Crippen LogP contribution in [0.5, 0.6) is 0 Å². The van der Waals surface area contributed by atoms with Gasteiger partial charge >= 0.3 is 0 Å². The molecule has 0 aliphatic carbocycles. The van der Waals surface area contributed by atoms with E-state index in [4.69, 9.17) is 5.73 Å². The Morgan fingerprint density at radius 1 is 1.35 bits per heavy atom. The Labute approximate surface area is 127 Å². The largest absolute Gasteiger partial charge is 0.398 e. The maximum Gasteiger partial charge on any atom is 0.227 e. The molecule has 2 N–H and O–H groups in total. The van der Waals surface area contributed by atoms with Crippen LogP contribution in [0.15, 0.2) is 18.2 Å². The highest BCUT2D eigenvalue weighted by atomic mass is 35.5. The van der Waals surface area contributed by atoms with Crippen molar-refractivity contribution >= 4 is 29.7 Å². The number of rotatable bonds is 2. The number of hydrogen-bond donors (Lipinski definition) is 1. The second-order valence-electron chi connectivity index (χ2n) is 6.55. The van der Waals surface area contributed by atoms with Crippen LogP contribution in [0.3, 0.4) is 0 Å². The lowest BCUT2D eigenvalue weighted by atomic mass is 9.90. The zero-order valence-corrected chi connectivity index (χ0v) is 13.4. The first-order chi connectivity index (χ1) is 8.88. The number of nitrogen functional groups attached to an aromatic ring is 1. The molecule has 20 heavy (non-hydrogen) atoms. The standard InChI is InChI=1S/C16H24N2O.ClH/c1-16(2,3)10-9-15(19)18-11-5-6-12-13(17)7-4-8-14(12)18;/h4,7-8H,5-6,9-11,17H2,1-3H3;1H. The number of benzene rings is 1. The predicted octanol–water partition coefficient (Wildman–Crippen LogP) is 3.80. The Bertz CT molecular complexity index is 480. The number of hydrogen-bond acceptors (Lipinski definition) is 2. The smallest absolute Gasteiger partial charge is 0.227 e. The highest BCUT2D eigenvalue weighted by Crippen LogP contribution is 2.32. The van der Waals surface area contributed by atoms with E-state index in [9.17, 15) is 4.79 Å². The minimum Gasteiger partial charge on any atom is -0.398 e. The van der Waals surface area contributed by atoms with E-state index in [1.165, 1.54) is 0 Å². The molecule has 0 unspecified atom stereocenters. The van der Waals surface area contributed by atoms with E-state index in [0.29, 0.717) is 6.42 Å². The van der Waals surface area contributed by atoms with Crippen molar-refractivity contribution in [3.63, 3.8) is 0 Å². The Morgan fingerprint density at radius 3 is 2.70 bits per heavy atom. The van der Waals surface area contributed by atoms with Gasteiger partial charge in [0.2, 0.25) is 5.91 Å². The number of fused-ring (bicyclic) bond motifs is 1. The van der Waals surface area contributed by atoms with Gasteiger partial charge in [0.15, 0.2) is 0 Å². The molecule has 0 aromatic heterocycles. The molecule has 1 aliphatic rings. The predicted molar refractivity (Wildman–Crippen MR) is 87.5 cm³/mol. The van der Waals surface area contributed by atoms with Crippen LogP contribution < -0.4 is 10.6 Å². The van der Waals surface area contributed by atoms with E-state index in [2.05, 4.69) is 20.8 Å². The van der Waals surface area contributed by atoms with Gasteiger partial charge in [0.1, 0.15) is 0 Å². The molecule has 0 saturated carbocycles. The van der Waals surface area contributed by atoms with Gasteiger partial charge in [0, 0.05) is 24.3 Å². The molecule has 0 radical (unpaired) electrons. The van der Waals surface area contributed by atoms with E-state index in [1.807, 2.05) is 23.1 Å². The van der Waals surface area contributed by atoms with Crippen LogP contribution in [-0.4, -0.2) is 12.5 Å². The SMILES string of the molecule is CC(C)(C)CCC(=O)N1CCCc2c(N)cccc21.Cl. The van der Waals surface area contributed by atoms with E-state index in [0.717, 1.165) is 42.7 Å². The maximum atomic E-state index is 12.4. The summed E-state index contributed by atoms with van der Waals surface area (Å²) in [6.07, 6.45) is 3.51. The van der Waals surface area contributed by atoms with Crippen LogP contribution in [0.25, 0.3) is 0 Å². The molecule has 0 atom stereocenters. The van der Waals surface area contributed by atoms with Gasteiger partial charge < -0.3 is 10.6 Å². The molecule has 112 valence electrons. The number of nitrogens with zero attached hydrogens (tertiary/aromatic N) is 1. The minimum absolute atomic E-state index is 0. The fraction of sp³-hybridized carbons (Fsp3) is 0.562. The van der Waals surface area contributed by atoms with E-state index < -0.39 is 0 Å². The van der Waals surface area contributed by atoms with Crippen molar-refractivity contribution in [2.45, 2.75) is 46.5 Å². The number of halogens is 1. The van der Waals surface area contributed by atoms with Gasteiger partial charge in [-0.2, -0.15) is 0 Å². The lowest BCUT2D eigenvalue weighted by molar-refractivity contribution is -0.119. The average molecular weight is 297 g/mol. The second kappa shape index (κ2) is 6.49. The molecule has 3 nitrogen and oxygen atoms in total. The Hall–Kier alpha value is -1.22. The van der Waals surface area contributed by atoms with Gasteiger partial charge in [-0.05, 0) is 42.4 Å². The molecular formula is C16H25ClN2O. The van der Waals surface area contributed by atoms with Crippen LogP contribution in [0, 0.1) is 5.41 Å². The van der Waals surface area contributed by atoms with Crippen molar-refractivity contribution in [2.24, 2.45) is 5.41 Å². The van der Waals surface area contributed by atoms with E-state index in [1.54, 1.807) is 0 Å². The monoisotopic (exact) mass is 296 g/mol. The Morgan fingerprint density at radius 2 is 2.05 bits per heavy atom. The van der Waals surface area contributed by atoms with Gasteiger partial charge in [0.05, 0.1) is 0 Å². The van der Waals surface area contributed by atoms with Gasteiger partial charge in [0.25, 0.3) is 0 Å². The lowest BCUT2D eigenvalue weighted by Gasteiger charge is -2.31. The summed E-state index contributed by atoms with van der Waals surface area (Å²) in [5, 5.41) is 0. The van der Waals surface area contributed by atoms with Crippen molar-refractivity contribution < 1.29 is 4.79 Å². The third kappa shape index (κ3) is 3.89. The Balaban J connectivity index is 0.00000200. The van der Waals surface area contributed by atoms with Crippen LogP contribution in [0.2, 0.25) is 0 Å². The summed E-state index contributed by atoms with van der Waals surface area (Å²) in [5.74, 6) is 0.224. The molecule has 0 bridgehead atoms. The fourth-order valence-electron chi connectivity index (χ4n) is 2.53. The molecule has 1 heterocycles. The molecule has 0 saturated heterocycles. The van der Waals surface area contributed by atoms with Gasteiger partial charge in [-0.15, -0.1) is 12.4 Å². The summed E-state index contributed by atoms with van der Waals surface area (Å²) in [7, 11) is 0. The average Bonchev–Trinajstić information content (AvgIpc) is 2.35. The van der Waals surface area contributed by atoms with Crippen LogP contribution in [-0.2, 0) is 11.2 Å². The highest BCUT2D eigenvalue weighted by molar-refractivity contribution is 5.95. The van der Waals surface area contributed by atoms with Gasteiger partial charge in [-0.25, -0.2) is 0 Å². The van der Waals surface area contributed by atoms with Crippen molar-refractivity contribution in [1.82, 2.24) is 0 Å². The van der Waals surface area contributed by atoms with E-state index >= 15 is 0 Å². The van der Waals surface area contributed by atoms with Crippen molar-refractivity contribution in [2.75, 3.05) is 17.2 Å². The zero-order valence-electron chi connectivity index (χ0n) is 12.6. The van der Waals surface area contributed by atoms with Crippen LogP contribution in [0.4, 0.5) is 11.4 Å². The number of amides is 1. The third-order valence-corrected chi connectivity index (χ3v) is 3.68. The maximum absolute atomic E-state index is 12.4. The molecule has 1 aromatic carbocycles. The van der Waals surface area contributed by atoms with Crippen LogP contribution >= 0.6 is 12.4 Å². The fourth-order valence-corrected chi connectivity index (χ4v) is 2.53. The first-order valence-corrected chi connectivity index (χ1v) is 7.06.